The molecule has 1 fully saturated rings. The largest absolute Gasteiger partial charge is 0.677 e. The molecule has 1 amide bonds. The molecule has 2 aromatic rings. The highest BCUT2D eigenvalue weighted by molar-refractivity contribution is 6.41. The zero-order valence-electron chi connectivity index (χ0n) is 60.7. The lowest BCUT2D eigenvalue weighted by Crippen LogP contribution is -2.55. The first-order valence-electron chi connectivity index (χ1n) is 33.8. The molecule has 0 aliphatic carbocycles. The minimum absolute atomic E-state index is 0.00566. The Morgan fingerprint density at radius 1 is 0.680 bits per heavy atom. The molecule has 1 aromatic heterocycles. The summed E-state index contributed by atoms with van der Waals surface area (Å²) in [6, 6.07) is 5.86. The van der Waals surface area contributed by atoms with Crippen LogP contribution in [0, 0.1) is 59.2 Å². The molecule has 11 atom stereocenters. The molecule has 6 aliphatic rings. The number of esters is 6. The third kappa shape index (κ3) is 13.3. The number of hydrogen-bond acceptors (Lipinski definition) is 18. The maximum absolute atomic E-state index is 15.5. The molecule has 0 radical (unpaired) electrons. The Morgan fingerprint density at radius 3 is 1.80 bits per heavy atom. The summed E-state index contributed by atoms with van der Waals surface area (Å²) < 4.78 is 64.3. The molecule has 7 heterocycles. The quantitative estimate of drug-likeness (QED) is 0.0563. The number of methoxy groups -OCH3 is 6. The number of carbonyl (C=O) groups is 7. The van der Waals surface area contributed by atoms with E-state index in [0.717, 1.165) is 44.4 Å². The second-order valence-corrected chi connectivity index (χ2v) is 28.6. The van der Waals surface area contributed by atoms with E-state index < -0.39 is 118 Å². The van der Waals surface area contributed by atoms with Gasteiger partial charge in [0.25, 0.3) is 0 Å². The molecular weight excluding hydrogens is 1240 g/mol. The number of nitrogens with zero attached hydrogens (tertiary/aromatic N) is 5. The molecule has 0 spiro atoms. The smallest absolute Gasteiger partial charge is 0.469 e. The van der Waals surface area contributed by atoms with Crippen LogP contribution in [-0.4, -0.2) is 137 Å². The first kappa shape index (κ1) is 74.9. The van der Waals surface area contributed by atoms with E-state index in [0.29, 0.717) is 74.4 Å². The Bertz CT molecular complexity index is 3800. The highest BCUT2D eigenvalue weighted by Crippen LogP contribution is 2.63. The Labute approximate surface area is 570 Å². The molecule has 6 aliphatic heterocycles. The summed E-state index contributed by atoms with van der Waals surface area (Å²) in [5.41, 5.74) is 5.49. The van der Waals surface area contributed by atoms with Crippen LogP contribution in [0.5, 0.6) is 0 Å². The van der Waals surface area contributed by atoms with Crippen molar-refractivity contribution in [1.29, 1.82) is 0 Å². The molecule has 97 heavy (non-hydrogen) atoms. The van der Waals surface area contributed by atoms with Crippen molar-refractivity contribution >= 4 is 77.7 Å². The lowest BCUT2D eigenvalue weighted by Gasteiger charge is -2.48. The zero-order valence-corrected chi connectivity index (χ0v) is 60.7. The highest BCUT2D eigenvalue weighted by Gasteiger charge is 2.67. The Hall–Kier alpha value is -7.85. The Balaban J connectivity index is 1.40. The number of nitrogens with one attached hydrogen (secondary N) is 2. The van der Waals surface area contributed by atoms with E-state index in [-0.39, 0.29) is 64.2 Å². The van der Waals surface area contributed by atoms with Gasteiger partial charge < -0.3 is 43.5 Å². The number of allylic oxidation sites excluding steroid dienone is 6. The fourth-order valence-corrected chi connectivity index (χ4v) is 17.6. The first-order chi connectivity index (χ1) is 45.6. The Morgan fingerprint density at radius 2 is 1.26 bits per heavy atom. The topological polar surface area (TPSA) is 253 Å². The summed E-state index contributed by atoms with van der Waals surface area (Å²) in [6.45, 7) is 29.2. The van der Waals surface area contributed by atoms with Crippen LogP contribution < -0.4 is 10.6 Å². The minimum atomic E-state index is -2.81. The van der Waals surface area contributed by atoms with Crippen LogP contribution in [0.15, 0.2) is 89.2 Å². The van der Waals surface area contributed by atoms with Crippen molar-refractivity contribution in [3.63, 3.8) is 0 Å². The van der Waals surface area contributed by atoms with E-state index in [1.165, 1.54) is 42.7 Å². The predicted molar refractivity (Wildman–Crippen MR) is 370 cm³/mol. The summed E-state index contributed by atoms with van der Waals surface area (Å²) >= 11 is 0. The van der Waals surface area contributed by atoms with Gasteiger partial charge in [-0.05, 0) is 132 Å². The third-order valence-electron chi connectivity index (χ3n) is 23.5. The summed E-state index contributed by atoms with van der Waals surface area (Å²) in [7, 11) is 5.01. The summed E-state index contributed by atoms with van der Waals surface area (Å²) in [4.78, 5) is 121. The van der Waals surface area contributed by atoms with Crippen LogP contribution in [-0.2, 0) is 68.4 Å². The minimum Gasteiger partial charge on any atom is -0.469 e. The maximum Gasteiger partial charge on any atom is 0.677 e. The summed E-state index contributed by atoms with van der Waals surface area (Å²) in [6.07, 6.45) is 0.610. The fraction of sp³-hybridized carbons (Fsp3) is 0.608. The van der Waals surface area contributed by atoms with E-state index in [9.17, 15) is 28.8 Å². The molecule has 3 unspecified atom stereocenters. The predicted octanol–water partition coefficient (Wildman–Crippen LogP) is 12.5. The monoisotopic (exact) mass is 1340 g/mol. The molecule has 1 aromatic carbocycles. The molecule has 2 N–H and O–H groups in total. The molecule has 8 bridgehead atoms. The van der Waals surface area contributed by atoms with Gasteiger partial charge >= 0.3 is 43.2 Å². The van der Waals surface area contributed by atoms with Gasteiger partial charge in [-0.1, -0.05) is 67.5 Å². The van der Waals surface area contributed by atoms with Crippen LogP contribution in [0.1, 0.15) is 195 Å². The molecule has 20 nitrogen and oxygen atoms in total. The van der Waals surface area contributed by atoms with Gasteiger partial charge in [0.05, 0.1) is 85.2 Å². The van der Waals surface area contributed by atoms with E-state index >= 15 is 13.4 Å². The molecule has 23 heteroatoms. The SMILES string of the molecule is CCC1=C(C)C(C(c2ccc(NC(=O)C[C@]3(C)/C4=C(\C)C5=N[C@@](C)(C6N=C(/C(C)=C7\N/C(=C(/CC(=O)OC)C(=N4)[C@H]3C)C(C)(C)[C@@H]7CCC(=O)OC)[C@](C)(CCC(=O)OC)[C@H]6CC(=O)OC)[C@@](C)(CC(=O)OC)[C@@H]5CCC(=O)OC)cc2)c2c(C)c(CC)c(C)n2B(F)F)N=C1C. The van der Waals surface area contributed by atoms with E-state index in [1.54, 1.807) is 19.1 Å². The number of aliphatic imine (C=N–C) groups is 4. The van der Waals surface area contributed by atoms with Crippen LogP contribution in [0.25, 0.3) is 0 Å². The fourth-order valence-electron chi connectivity index (χ4n) is 17.6. The number of ether oxygens (including phenoxy) is 6. The number of fused-ring (bicyclic) bond motifs is 6. The van der Waals surface area contributed by atoms with Crippen LogP contribution in [0.2, 0.25) is 0 Å². The standard InChI is InChI=1S/C74H100BF2N7O13/c1-22-47-38(3)63(78-43(47)8)60(65-39(4)48(23-2)44(9)84(65)75(76)77)45-24-26-46(27-25-45)79-53(85)36-72(13)42(7)64-49(34-57(89)95-19)68-70(10,11)50(28-30-54(86)92-16)61(80-68)40(5)66-71(12,33-32-56(88)94-18)52(35-58(90)96-20)69(82-66)74(15)73(14,37-59(91)97-21)51(29-31-55(87)93-17)62(83-74)41(6)67(72)81-64/h24-27,42,50-52,60,63,69,80H,22-23,28-37H2,1-21H3,(H,79,85)/b61-40-,67-41-,68-49-/t42-,50-,51-,52+,60?,63?,69?,71-,72+,73+,74+/m1/s1. The van der Waals surface area contributed by atoms with Crippen LogP contribution in [0.3, 0.4) is 0 Å². The number of rotatable bonds is 24. The van der Waals surface area contributed by atoms with Gasteiger partial charge in [0.2, 0.25) is 5.91 Å². The van der Waals surface area contributed by atoms with Gasteiger partial charge in [-0.2, -0.15) is 0 Å². The Kier molecular flexibility index (Phi) is 22.3. The second kappa shape index (κ2) is 28.9. The first-order valence-corrected chi connectivity index (χ1v) is 33.8. The van der Waals surface area contributed by atoms with Gasteiger partial charge in [0.15, 0.2) is 0 Å². The third-order valence-corrected chi connectivity index (χ3v) is 23.5. The normalized spacial score (nSPS) is 29.7. The van der Waals surface area contributed by atoms with Crippen molar-refractivity contribution < 1.29 is 70.6 Å². The maximum atomic E-state index is 15.5. The van der Waals surface area contributed by atoms with Gasteiger partial charge in [0.1, 0.15) is 0 Å². The van der Waals surface area contributed by atoms with E-state index in [4.69, 9.17) is 48.4 Å². The van der Waals surface area contributed by atoms with Crippen LogP contribution in [0.4, 0.5) is 14.3 Å². The summed E-state index contributed by atoms with van der Waals surface area (Å²) in [5, 5.41) is 7.01. The molecule has 0 saturated carbocycles. The van der Waals surface area contributed by atoms with E-state index in [1.807, 2.05) is 102 Å². The van der Waals surface area contributed by atoms with Gasteiger partial charge in [-0.3, -0.25) is 62.2 Å². The van der Waals surface area contributed by atoms with Crippen molar-refractivity contribution in [3.8, 4) is 0 Å². The lowest BCUT2D eigenvalue weighted by atomic mass is 9.55. The summed E-state index contributed by atoms with van der Waals surface area (Å²) in [5.74, 6) is -6.95. The van der Waals surface area contributed by atoms with Crippen molar-refractivity contribution in [2.24, 2.45) is 65.3 Å². The number of hydrogen-bond donors (Lipinski definition) is 2. The van der Waals surface area contributed by atoms with E-state index in [2.05, 4.69) is 17.6 Å². The van der Waals surface area contributed by atoms with Crippen molar-refractivity contribution in [2.75, 3.05) is 48.0 Å². The number of aromatic nitrogens is 1. The molecule has 526 valence electrons. The lowest BCUT2D eigenvalue weighted by molar-refractivity contribution is -0.147. The van der Waals surface area contributed by atoms with Crippen molar-refractivity contribution in [3.05, 3.63) is 97.3 Å². The molecule has 8 rings (SSSR count). The van der Waals surface area contributed by atoms with Gasteiger partial charge in [-0.25, -0.2) is 0 Å². The average Bonchev–Trinajstić information content (AvgIpc) is 1.54. The number of anilines is 1. The molecule has 1 saturated heterocycles. The number of amides is 1. The number of halogens is 2. The molecular formula is C74H100BF2N7O13. The van der Waals surface area contributed by atoms with Crippen LogP contribution >= 0.6 is 0 Å². The van der Waals surface area contributed by atoms with Crippen molar-refractivity contribution in [1.82, 2.24) is 9.79 Å². The zero-order chi connectivity index (χ0) is 71.9. The number of carbonyl (C=O) groups excluding carboxylic acids is 7. The van der Waals surface area contributed by atoms with Crippen molar-refractivity contribution in [2.45, 2.75) is 204 Å². The second-order valence-electron chi connectivity index (χ2n) is 28.6. The van der Waals surface area contributed by atoms with Gasteiger partial charge in [0, 0.05) is 134 Å². The van der Waals surface area contributed by atoms with Gasteiger partial charge in [-0.15, -0.1) is 0 Å². The average molecular weight is 1340 g/mol. The highest BCUT2D eigenvalue weighted by atomic mass is 19.2. The number of benzene rings is 1.